The fourth-order valence-electron chi connectivity index (χ4n) is 1.32. The maximum Gasteiger partial charge on any atom is 0.0199 e. The highest BCUT2D eigenvalue weighted by Crippen LogP contribution is 2.21. The van der Waals surface area contributed by atoms with Crippen LogP contribution >= 0.6 is 0 Å². The first-order chi connectivity index (χ1) is 5.24. The van der Waals surface area contributed by atoms with Crippen LogP contribution in [-0.2, 0) is 0 Å². The van der Waals surface area contributed by atoms with Crippen LogP contribution in [0.4, 0.5) is 0 Å². The molecule has 0 fully saturated rings. The third kappa shape index (κ3) is 2.19. The summed E-state index contributed by atoms with van der Waals surface area (Å²) in [6, 6.07) is 0. The molecule has 1 N–H and O–H groups in total. The van der Waals surface area contributed by atoms with Crippen LogP contribution in [0.3, 0.4) is 0 Å². The summed E-state index contributed by atoms with van der Waals surface area (Å²) in [6.07, 6.45) is 6.86. The third-order valence-corrected chi connectivity index (χ3v) is 2.30. The van der Waals surface area contributed by atoms with Crippen molar-refractivity contribution < 1.29 is 0 Å². The van der Waals surface area contributed by atoms with Crippen molar-refractivity contribution in [3.63, 3.8) is 0 Å². The van der Waals surface area contributed by atoms with Crippen molar-refractivity contribution in [3.8, 4) is 0 Å². The van der Waals surface area contributed by atoms with Gasteiger partial charge in [-0.1, -0.05) is 32.1 Å². The quantitative estimate of drug-likeness (QED) is 0.636. The van der Waals surface area contributed by atoms with E-state index >= 15 is 0 Å². The maximum absolute atomic E-state index is 3.15. The molecule has 0 saturated heterocycles. The van der Waals surface area contributed by atoms with Gasteiger partial charge in [0.25, 0.3) is 0 Å². The molecule has 0 spiro atoms. The second kappa shape index (κ2) is 3.72. The standard InChI is InChI=1S/C10H17N/c1-8-4-5-10(7-11-3)6-9(8)2/h4-6,8-9,11H,7H2,1-3H3. The Bertz CT molecular complexity index is 179. The summed E-state index contributed by atoms with van der Waals surface area (Å²) in [5, 5.41) is 3.15. The molecule has 0 aromatic heterocycles. The van der Waals surface area contributed by atoms with Gasteiger partial charge in [-0.15, -0.1) is 0 Å². The van der Waals surface area contributed by atoms with E-state index in [0.29, 0.717) is 11.8 Å². The van der Waals surface area contributed by atoms with Gasteiger partial charge in [0.15, 0.2) is 0 Å². The van der Waals surface area contributed by atoms with Gasteiger partial charge in [0.05, 0.1) is 0 Å². The molecule has 0 aromatic rings. The van der Waals surface area contributed by atoms with E-state index in [1.807, 2.05) is 7.05 Å². The molecule has 0 saturated carbocycles. The molecule has 1 aliphatic rings. The minimum Gasteiger partial charge on any atom is -0.316 e. The molecule has 1 rings (SSSR count). The molecule has 2 atom stereocenters. The Labute approximate surface area is 69.2 Å². The lowest BCUT2D eigenvalue weighted by atomic mass is 9.89. The summed E-state index contributed by atoms with van der Waals surface area (Å²) < 4.78 is 0. The van der Waals surface area contributed by atoms with Crippen LogP contribution in [0.5, 0.6) is 0 Å². The Balaban J connectivity index is 2.57. The summed E-state index contributed by atoms with van der Waals surface area (Å²) in [7, 11) is 1.98. The van der Waals surface area contributed by atoms with E-state index in [-0.39, 0.29) is 0 Å². The van der Waals surface area contributed by atoms with E-state index in [1.165, 1.54) is 5.57 Å². The van der Waals surface area contributed by atoms with Crippen LogP contribution in [0.1, 0.15) is 13.8 Å². The molecule has 1 nitrogen and oxygen atoms in total. The number of rotatable bonds is 2. The lowest BCUT2D eigenvalue weighted by Crippen LogP contribution is -2.14. The molecule has 2 unspecified atom stereocenters. The van der Waals surface area contributed by atoms with Gasteiger partial charge in [-0.05, 0) is 24.5 Å². The van der Waals surface area contributed by atoms with Crippen molar-refractivity contribution in [1.29, 1.82) is 0 Å². The number of hydrogen-bond donors (Lipinski definition) is 1. The summed E-state index contributed by atoms with van der Waals surface area (Å²) in [6.45, 7) is 5.52. The molecule has 11 heavy (non-hydrogen) atoms. The monoisotopic (exact) mass is 151 g/mol. The van der Waals surface area contributed by atoms with Gasteiger partial charge in [-0.2, -0.15) is 0 Å². The number of nitrogens with one attached hydrogen (secondary N) is 1. The van der Waals surface area contributed by atoms with Crippen molar-refractivity contribution in [2.45, 2.75) is 13.8 Å². The number of allylic oxidation sites excluding steroid dienone is 2. The van der Waals surface area contributed by atoms with Crippen LogP contribution in [-0.4, -0.2) is 13.6 Å². The van der Waals surface area contributed by atoms with Crippen LogP contribution in [0.25, 0.3) is 0 Å². The highest BCUT2D eigenvalue weighted by molar-refractivity contribution is 5.26. The molecule has 0 bridgehead atoms. The highest BCUT2D eigenvalue weighted by atomic mass is 14.8. The second-order valence-corrected chi connectivity index (χ2v) is 3.35. The van der Waals surface area contributed by atoms with Crippen molar-refractivity contribution in [1.82, 2.24) is 5.32 Å². The average molecular weight is 151 g/mol. The number of hydrogen-bond acceptors (Lipinski definition) is 1. The summed E-state index contributed by atoms with van der Waals surface area (Å²) in [4.78, 5) is 0. The minimum absolute atomic E-state index is 0.698. The molecule has 0 aromatic carbocycles. The van der Waals surface area contributed by atoms with E-state index in [9.17, 15) is 0 Å². The van der Waals surface area contributed by atoms with E-state index in [1.54, 1.807) is 0 Å². The van der Waals surface area contributed by atoms with Gasteiger partial charge < -0.3 is 5.32 Å². The Kier molecular flexibility index (Phi) is 2.89. The minimum atomic E-state index is 0.698. The third-order valence-electron chi connectivity index (χ3n) is 2.30. The maximum atomic E-state index is 3.15. The van der Waals surface area contributed by atoms with Crippen molar-refractivity contribution in [2.75, 3.05) is 13.6 Å². The van der Waals surface area contributed by atoms with Gasteiger partial charge in [-0.3, -0.25) is 0 Å². The zero-order chi connectivity index (χ0) is 8.27. The number of likely N-dealkylation sites (N-methyl/N-ethyl adjacent to an activating group) is 1. The van der Waals surface area contributed by atoms with Gasteiger partial charge in [-0.25, -0.2) is 0 Å². The Morgan fingerprint density at radius 1 is 1.36 bits per heavy atom. The zero-order valence-corrected chi connectivity index (χ0v) is 7.59. The summed E-state index contributed by atoms with van der Waals surface area (Å²) in [5.41, 5.74) is 1.41. The first-order valence-corrected chi connectivity index (χ1v) is 4.27. The van der Waals surface area contributed by atoms with Crippen molar-refractivity contribution in [3.05, 3.63) is 23.8 Å². The Morgan fingerprint density at radius 2 is 2.09 bits per heavy atom. The van der Waals surface area contributed by atoms with E-state index in [2.05, 4.69) is 37.4 Å². The van der Waals surface area contributed by atoms with Crippen LogP contribution in [0, 0.1) is 11.8 Å². The molecule has 62 valence electrons. The Hall–Kier alpha value is -0.560. The molecule has 1 aliphatic carbocycles. The van der Waals surface area contributed by atoms with Gasteiger partial charge >= 0.3 is 0 Å². The normalized spacial score (nSPS) is 30.3. The SMILES string of the molecule is CNCC1=CC(C)C(C)C=C1. The molecular weight excluding hydrogens is 134 g/mol. The van der Waals surface area contributed by atoms with E-state index < -0.39 is 0 Å². The van der Waals surface area contributed by atoms with Crippen LogP contribution < -0.4 is 5.32 Å². The molecular formula is C10H17N. The lowest BCUT2D eigenvalue weighted by molar-refractivity contribution is 0.546. The molecule has 1 heteroatoms. The van der Waals surface area contributed by atoms with E-state index in [4.69, 9.17) is 0 Å². The first kappa shape index (κ1) is 8.54. The fraction of sp³-hybridized carbons (Fsp3) is 0.600. The largest absolute Gasteiger partial charge is 0.316 e. The molecule has 0 radical (unpaired) electrons. The zero-order valence-electron chi connectivity index (χ0n) is 7.59. The van der Waals surface area contributed by atoms with Crippen LogP contribution in [0.15, 0.2) is 23.8 Å². The highest BCUT2D eigenvalue weighted by Gasteiger charge is 2.10. The molecule has 0 amide bonds. The van der Waals surface area contributed by atoms with Crippen molar-refractivity contribution >= 4 is 0 Å². The first-order valence-electron chi connectivity index (χ1n) is 4.27. The van der Waals surface area contributed by atoms with Crippen molar-refractivity contribution in [2.24, 2.45) is 11.8 Å². The second-order valence-electron chi connectivity index (χ2n) is 3.35. The predicted octanol–water partition coefficient (Wildman–Crippen LogP) is 1.97. The topological polar surface area (TPSA) is 12.0 Å². The molecule has 0 aliphatic heterocycles. The Morgan fingerprint density at radius 3 is 2.64 bits per heavy atom. The van der Waals surface area contributed by atoms with Crippen LogP contribution in [0.2, 0.25) is 0 Å². The van der Waals surface area contributed by atoms with E-state index in [0.717, 1.165) is 6.54 Å². The smallest absolute Gasteiger partial charge is 0.0199 e. The van der Waals surface area contributed by atoms with Gasteiger partial charge in [0.1, 0.15) is 0 Å². The average Bonchev–Trinajstić information content (AvgIpc) is 1.98. The summed E-state index contributed by atoms with van der Waals surface area (Å²) >= 11 is 0. The lowest BCUT2D eigenvalue weighted by Gasteiger charge is -2.18. The molecule has 0 heterocycles. The fourth-order valence-corrected chi connectivity index (χ4v) is 1.32. The van der Waals surface area contributed by atoms with Gasteiger partial charge in [0.2, 0.25) is 0 Å². The van der Waals surface area contributed by atoms with Gasteiger partial charge in [0, 0.05) is 6.54 Å². The predicted molar refractivity (Wildman–Crippen MR) is 49.5 cm³/mol. The summed E-state index contributed by atoms with van der Waals surface area (Å²) in [5.74, 6) is 1.40.